The molecular weight excluding hydrogens is 450 g/mol. The number of benzene rings is 3. The lowest BCUT2D eigenvalue weighted by Gasteiger charge is -2.27. The van der Waals surface area contributed by atoms with Crippen molar-refractivity contribution in [2.24, 2.45) is 11.8 Å². The quantitative estimate of drug-likeness (QED) is 0.465. The van der Waals surface area contributed by atoms with Crippen molar-refractivity contribution < 1.29 is 33.8 Å². The van der Waals surface area contributed by atoms with Crippen LogP contribution in [0.2, 0.25) is 0 Å². The van der Waals surface area contributed by atoms with Gasteiger partial charge in [0, 0.05) is 11.1 Å². The Hall–Kier alpha value is -4.43. The molecule has 3 aromatic rings. The largest absolute Gasteiger partial charge is 0.478 e. The van der Waals surface area contributed by atoms with Gasteiger partial charge in [0.15, 0.2) is 0 Å². The molecule has 0 saturated carbocycles. The number of anilines is 1. The summed E-state index contributed by atoms with van der Waals surface area (Å²) in [5.41, 5.74) is -1.09. The van der Waals surface area contributed by atoms with Gasteiger partial charge in [0.2, 0.25) is 29.0 Å². The van der Waals surface area contributed by atoms with Crippen LogP contribution in [0, 0.1) is 11.8 Å². The normalized spacial score (nSPS) is 24.2. The van der Waals surface area contributed by atoms with Crippen molar-refractivity contribution in [2.45, 2.75) is 11.7 Å². The predicted octanol–water partition coefficient (Wildman–Crippen LogP) is 3.08. The molecule has 2 amide bonds. The zero-order chi connectivity index (χ0) is 24.5. The van der Waals surface area contributed by atoms with Crippen LogP contribution in [-0.2, 0) is 14.3 Å². The van der Waals surface area contributed by atoms with E-state index in [-0.39, 0.29) is 22.4 Å². The van der Waals surface area contributed by atoms with Gasteiger partial charge < -0.3 is 9.84 Å². The van der Waals surface area contributed by atoms with Gasteiger partial charge in [0.05, 0.1) is 29.2 Å². The number of amides is 2. The summed E-state index contributed by atoms with van der Waals surface area (Å²) >= 11 is 0. The standard InChI is InChI=1S/C27H17NO7/c29-22-17-8-4-5-9-18(17)23(30)27(22)20-19(21(35-27)14-6-2-1-3-7-14)24(31)28(25(20)32)16-12-10-15(11-13-16)26(33)34/h1-13,19-21H,(H,33,34)/t19-,20-,21-/m0/s1. The summed E-state index contributed by atoms with van der Waals surface area (Å²) in [5.74, 6) is -6.20. The third kappa shape index (κ3) is 2.68. The van der Waals surface area contributed by atoms with Gasteiger partial charge in [-0.1, -0.05) is 54.6 Å². The molecule has 0 radical (unpaired) electrons. The first-order valence-electron chi connectivity index (χ1n) is 11.0. The molecule has 1 N–H and O–H groups in total. The summed E-state index contributed by atoms with van der Waals surface area (Å²) in [6.45, 7) is 0. The van der Waals surface area contributed by atoms with E-state index >= 15 is 0 Å². The number of imide groups is 1. The number of nitrogens with zero attached hydrogens (tertiary/aromatic N) is 1. The smallest absolute Gasteiger partial charge is 0.335 e. The molecule has 1 aliphatic carbocycles. The fraction of sp³-hybridized carbons (Fsp3) is 0.148. The van der Waals surface area contributed by atoms with Crippen LogP contribution >= 0.6 is 0 Å². The Balaban J connectivity index is 1.51. The molecule has 2 heterocycles. The molecule has 0 aromatic heterocycles. The lowest BCUT2D eigenvalue weighted by atomic mass is 9.77. The van der Waals surface area contributed by atoms with Crippen molar-refractivity contribution in [2.75, 3.05) is 4.90 Å². The van der Waals surface area contributed by atoms with E-state index in [2.05, 4.69) is 0 Å². The Morgan fingerprint density at radius 3 is 1.91 bits per heavy atom. The van der Waals surface area contributed by atoms with Crippen LogP contribution in [0.25, 0.3) is 0 Å². The summed E-state index contributed by atoms with van der Waals surface area (Å²) in [6.07, 6.45) is -0.997. The third-order valence-electron chi connectivity index (χ3n) is 7.02. The molecule has 172 valence electrons. The van der Waals surface area contributed by atoms with Gasteiger partial charge in [0.1, 0.15) is 0 Å². The number of carbonyl (C=O) groups excluding carboxylic acids is 4. The van der Waals surface area contributed by atoms with E-state index in [0.717, 1.165) is 4.90 Å². The Morgan fingerprint density at radius 2 is 1.34 bits per heavy atom. The first-order valence-corrected chi connectivity index (χ1v) is 11.0. The van der Waals surface area contributed by atoms with Crippen LogP contribution < -0.4 is 4.90 Å². The highest BCUT2D eigenvalue weighted by atomic mass is 16.5. The van der Waals surface area contributed by atoms with E-state index in [1.165, 1.54) is 36.4 Å². The highest BCUT2D eigenvalue weighted by Gasteiger charge is 2.74. The molecule has 3 aliphatic rings. The third-order valence-corrected chi connectivity index (χ3v) is 7.02. The first kappa shape index (κ1) is 21.1. The van der Waals surface area contributed by atoms with E-state index < -0.39 is 52.9 Å². The second kappa shape index (κ2) is 7.28. The van der Waals surface area contributed by atoms with Gasteiger partial charge >= 0.3 is 5.97 Å². The van der Waals surface area contributed by atoms with Gasteiger partial charge in [-0.15, -0.1) is 0 Å². The van der Waals surface area contributed by atoms with Gasteiger partial charge in [0.25, 0.3) is 0 Å². The summed E-state index contributed by atoms with van der Waals surface area (Å²) in [4.78, 5) is 67.0. The Kier molecular flexibility index (Phi) is 4.40. The average Bonchev–Trinajstić information content (AvgIpc) is 3.44. The highest BCUT2D eigenvalue weighted by molar-refractivity contribution is 6.37. The van der Waals surface area contributed by atoms with Crippen LogP contribution in [-0.4, -0.2) is 40.1 Å². The van der Waals surface area contributed by atoms with Crippen LogP contribution in [0.4, 0.5) is 5.69 Å². The first-order chi connectivity index (χ1) is 16.9. The fourth-order valence-corrected chi connectivity index (χ4v) is 5.47. The van der Waals surface area contributed by atoms with E-state index in [1.54, 1.807) is 42.5 Å². The van der Waals surface area contributed by atoms with Crippen LogP contribution in [0.5, 0.6) is 0 Å². The molecule has 2 fully saturated rings. The number of hydrogen-bond acceptors (Lipinski definition) is 6. The molecule has 2 saturated heterocycles. The lowest BCUT2D eigenvalue weighted by molar-refractivity contribution is -0.127. The van der Waals surface area contributed by atoms with Gasteiger partial charge in [-0.05, 0) is 29.8 Å². The van der Waals surface area contributed by atoms with Crippen molar-refractivity contribution in [3.63, 3.8) is 0 Å². The number of carbonyl (C=O) groups is 5. The van der Waals surface area contributed by atoms with Crippen molar-refractivity contribution in [3.8, 4) is 0 Å². The van der Waals surface area contributed by atoms with Crippen LogP contribution in [0.3, 0.4) is 0 Å². The molecule has 35 heavy (non-hydrogen) atoms. The number of hydrogen-bond donors (Lipinski definition) is 1. The zero-order valence-corrected chi connectivity index (χ0v) is 18.1. The maximum Gasteiger partial charge on any atom is 0.335 e. The van der Waals surface area contributed by atoms with Gasteiger partial charge in [-0.3, -0.25) is 19.2 Å². The van der Waals surface area contributed by atoms with E-state index in [1.807, 2.05) is 0 Å². The Labute approximate surface area is 198 Å². The highest BCUT2D eigenvalue weighted by Crippen LogP contribution is 2.57. The van der Waals surface area contributed by atoms with E-state index in [0.29, 0.717) is 5.56 Å². The summed E-state index contributed by atoms with van der Waals surface area (Å²) in [6, 6.07) is 20.3. The molecule has 2 aliphatic heterocycles. The zero-order valence-electron chi connectivity index (χ0n) is 18.1. The second-order valence-corrected chi connectivity index (χ2v) is 8.76. The predicted molar refractivity (Wildman–Crippen MR) is 121 cm³/mol. The minimum absolute atomic E-state index is 0.00778. The van der Waals surface area contributed by atoms with Crippen LogP contribution in [0.1, 0.15) is 42.7 Å². The molecule has 6 rings (SSSR count). The fourth-order valence-electron chi connectivity index (χ4n) is 5.47. The van der Waals surface area contributed by atoms with E-state index in [4.69, 9.17) is 4.74 Å². The van der Waals surface area contributed by atoms with Crippen molar-refractivity contribution >= 4 is 35.0 Å². The van der Waals surface area contributed by atoms with Gasteiger partial charge in [-0.25, -0.2) is 9.69 Å². The lowest BCUT2D eigenvalue weighted by Crippen LogP contribution is -2.51. The summed E-state index contributed by atoms with van der Waals surface area (Å²) < 4.78 is 6.20. The molecule has 3 atom stereocenters. The number of aromatic carboxylic acids is 1. The number of ketones is 2. The molecule has 0 bridgehead atoms. The van der Waals surface area contributed by atoms with E-state index in [9.17, 15) is 29.1 Å². The van der Waals surface area contributed by atoms with Crippen molar-refractivity contribution in [3.05, 3.63) is 101 Å². The maximum absolute atomic E-state index is 13.8. The molecule has 1 spiro atoms. The minimum Gasteiger partial charge on any atom is -0.478 e. The SMILES string of the molecule is O=C(O)c1ccc(N2C(=O)[C@H]3[C@@H](C2=O)C2(O[C@H]3c3ccccc3)C(=O)c3ccccc3C2=O)cc1. The minimum atomic E-state index is -2.14. The van der Waals surface area contributed by atoms with Crippen molar-refractivity contribution in [1.82, 2.24) is 0 Å². The number of Topliss-reactive ketones (excluding diaryl/α,β-unsaturated/α-hetero) is 2. The molecule has 3 aromatic carbocycles. The molecule has 8 nitrogen and oxygen atoms in total. The van der Waals surface area contributed by atoms with Crippen LogP contribution in [0.15, 0.2) is 78.9 Å². The number of rotatable bonds is 3. The number of carboxylic acids is 1. The number of carboxylic acid groups (broad SMARTS) is 1. The second-order valence-electron chi connectivity index (χ2n) is 8.76. The van der Waals surface area contributed by atoms with Crippen molar-refractivity contribution in [1.29, 1.82) is 0 Å². The monoisotopic (exact) mass is 467 g/mol. The number of fused-ring (bicyclic) bond motifs is 3. The summed E-state index contributed by atoms with van der Waals surface area (Å²) in [5, 5.41) is 9.18. The molecule has 8 heteroatoms. The Morgan fingerprint density at radius 1 is 0.771 bits per heavy atom. The molecule has 0 unspecified atom stereocenters. The van der Waals surface area contributed by atoms with Gasteiger partial charge in [-0.2, -0.15) is 0 Å². The summed E-state index contributed by atoms with van der Waals surface area (Å²) in [7, 11) is 0. The topological polar surface area (TPSA) is 118 Å². The number of ether oxygens (including phenoxy) is 1. The maximum atomic E-state index is 13.8. The molecular formula is C27H17NO7. The average molecular weight is 467 g/mol. The Bertz CT molecular complexity index is 1410.